The Bertz CT molecular complexity index is 513. The van der Waals surface area contributed by atoms with Crippen molar-refractivity contribution >= 4 is 6.03 Å². The average Bonchev–Trinajstić information content (AvgIpc) is 3.46. The molecule has 0 radical (unpaired) electrons. The van der Waals surface area contributed by atoms with Crippen LogP contribution < -0.4 is 10.6 Å². The monoisotopic (exact) mass is 332 g/mol. The van der Waals surface area contributed by atoms with Gasteiger partial charge < -0.3 is 20.5 Å². The third kappa shape index (κ3) is 5.21. The van der Waals surface area contributed by atoms with Crippen molar-refractivity contribution in [2.24, 2.45) is 11.8 Å². The molecule has 0 spiro atoms. The number of hydrogen-bond donors (Lipinski definition) is 3. The maximum absolute atomic E-state index is 12.3. The average molecular weight is 332 g/mol. The second kappa shape index (κ2) is 8.49. The Morgan fingerprint density at radius 3 is 2.54 bits per heavy atom. The Labute approximate surface area is 143 Å². The second-order valence-corrected chi connectivity index (χ2v) is 7.01. The number of urea groups is 1. The van der Waals surface area contributed by atoms with Crippen molar-refractivity contribution in [1.29, 1.82) is 0 Å². The van der Waals surface area contributed by atoms with Gasteiger partial charge in [0.25, 0.3) is 0 Å². The molecule has 1 aliphatic carbocycles. The summed E-state index contributed by atoms with van der Waals surface area (Å²) in [7, 11) is 0. The molecule has 3 N–H and O–H groups in total. The highest BCUT2D eigenvalue weighted by Crippen LogP contribution is 2.32. The fourth-order valence-corrected chi connectivity index (χ4v) is 3.33. The highest BCUT2D eigenvalue weighted by atomic mass is 16.5. The van der Waals surface area contributed by atoms with Crippen LogP contribution in [-0.4, -0.2) is 37.0 Å². The number of carbonyl (C=O) groups is 1. The molecule has 1 saturated heterocycles. The summed E-state index contributed by atoms with van der Waals surface area (Å²) in [6.07, 6.45) is 4.75. The third-order valence-corrected chi connectivity index (χ3v) is 5.06. The molecule has 2 fully saturated rings. The highest BCUT2D eigenvalue weighted by molar-refractivity contribution is 5.74. The van der Waals surface area contributed by atoms with Gasteiger partial charge in [-0.2, -0.15) is 0 Å². The van der Waals surface area contributed by atoms with E-state index < -0.39 is 6.10 Å². The quantitative estimate of drug-likeness (QED) is 0.719. The molecule has 24 heavy (non-hydrogen) atoms. The molecule has 5 nitrogen and oxygen atoms in total. The number of ether oxygens (including phenoxy) is 1. The van der Waals surface area contributed by atoms with Gasteiger partial charge in [0, 0.05) is 19.8 Å². The number of aliphatic hydroxyl groups excluding tert-OH is 1. The van der Waals surface area contributed by atoms with E-state index in [9.17, 15) is 9.90 Å². The van der Waals surface area contributed by atoms with Gasteiger partial charge in [-0.3, -0.25) is 0 Å². The van der Waals surface area contributed by atoms with Crippen molar-refractivity contribution < 1.29 is 14.6 Å². The standard InChI is InChI=1S/C19H28N2O3/c22-18(16-6-7-16)13-20-19(23)21-17(15-4-2-1-3-5-15)12-14-8-10-24-11-9-14/h1-5,14,16-18,22H,6-13H2,(H2,20,21,23). The summed E-state index contributed by atoms with van der Waals surface area (Å²) < 4.78 is 5.43. The van der Waals surface area contributed by atoms with Gasteiger partial charge in [-0.25, -0.2) is 4.79 Å². The zero-order valence-electron chi connectivity index (χ0n) is 14.1. The number of amides is 2. The van der Waals surface area contributed by atoms with Gasteiger partial charge in [0.1, 0.15) is 0 Å². The van der Waals surface area contributed by atoms with Crippen LogP contribution >= 0.6 is 0 Å². The van der Waals surface area contributed by atoms with Crippen molar-refractivity contribution in [3.05, 3.63) is 35.9 Å². The van der Waals surface area contributed by atoms with Crippen molar-refractivity contribution in [3.8, 4) is 0 Å². The van der Waals surface area contributed by atoms with E-state index >= 15 is 0 Å². The first-order chi connectivity index (χ1) is 11.7. The molecule has 1 aromatic rings. The van der Waals surface area contributed by atoms with Crippen LogP contribution in [0.15, 0.2) is 30.3 Å². The summed E-state index contributed by atoms with van der Waals surface area (Å²) in [5.74, 6) is 0.943. The summed E-state index contributed by atoms with van der Waals surface area (Å²) in [5, 5.41) is 15.8. The topological polar surface area (TPSA) is 70.6 Å². The van der Waals surface area contributed by atoms with E-state index in [1.54, 1.807) is 0 Å². The Morgan fingerprint density at radius 2 is 1.88 bits per heavy atom. The lowest BCUT2D eigenvalue weighted by atomic mass is 9.89. The van der Waals surface area contributed by atoms with E-state index in [0.717, 1.165) is 50.9 Å². The fraction of sp³-hybridized carbons (Fsp3) is 0.632. The van der Waals surface area contributed by atoms with E-state index in [0.29, 0.717) is 18.4 Å². The van der Waals surface area contributed by atoms with Gasteiger partial charge in [-0.05, 0) is 49.5 Å². The maximum Gasteiger partial charge on any atom is 0.315 e. The largest absolute Gasteiger partial charge is 0.391 e. The molecule has 132 valence electrons. The molecular formula is C19H28N2O3. The van der Waals surface area contributed by atoms with Crippen molar-refractivity contribution in [2.75, 3.05) is 19.8 Å². The summed E-state index contributed by atoms with van der Waals surface area (Å²) in [4.78, 5) is 12.3. The second-order valence-electron chi connectivity index (χ2n) is 7.01. The zero-order valence-corrected chi connectivity index (χ0v) is 14.1. The van der Waals surface area contributed by atoms with Crippen molar-refractivity contribution in [1.82, 2.24) is 10.6 Å². The van der Waals surface area contributed by atoms with Gasteiger partial charge in [0.2, 0.25) is 0 Å². The molecule has 2 atom stereocenters. The van der Waals surface area contributed by atoms with Crippen LogP contribution in [0.3, 0.4) is 0 Å². The Hall–Kier alpha value is -1.59. The molecule has 1 heterocycles. The molecule has 1 aliphatic heterocycles. The predicted octanol–water partition coefficient (Wildman–Crippen LogP) is 2.61. The predicted molar refractivity (Wildman–Crippen MR) is 92.6 cm³/mol. The first-order valence-electron chi connectivity index (χ1n) is 9.07. The van der Waals surface area contributed by atoms with Crippen LogP contribution in [0.1, 0.15) is 43.7 Å². The molecule has 2 amide bonds. The minimum atomic E-state index is -0.415. The zero-order chi connectivity index (χ0) is 16.8. The summed E-state index contributed by atoms with van der Waals surface area (Å²) in [6, 6.07) is 9.90. The highest BCUT2D eigenvalue weighted by Gasteiger charge is 2.30. The van der Waals surface area contributed by atoms with Crippen LogP contribution in [-0.2, 0) is 4.74 Å². The van der Waals surface area contributed by atoms with Gasteiger partial charge in [-0.15, -0.1) is 0 Å². The molecule has 1 aromatic carbocycles. The number of carbonyl (C=O) groups excluding carboxylic acids is 1. The molecule has 2 unspecified atom stereocenters. The Morgan fingerprint density at radius 1 is 1.17 bits per heavy atom. The van der Waals surface area contributed by atoms with E-state index in [2.05, 4.69) is 22.8 Å². The molecule has 0 aromatic heterocycles. The van der Waals surface area contributed by atoms with Gasteiger partial charge >= 0.3 is 6.03 Å². The van der Waals surface area contributed by atoms with Crippen LogP contribution in [0.25, 0.3) is 0 Å². The first kappa shape index (κ1) is 17.2. The lowest BCUT2D eigenvalue weighted by Crippen LogP contribution is -2.42. The molecule has 1 saturated carbocycles. The van der Waals surface area contributed by atoms with Crippen molar-refractivity contribution in [2.45, 2.75) is 44.2 Å². The lowest BCUT2D eigenvalue weighted by molar-refractivity contribution is 0.0608. The van der Waals surface area contributed by atoms with E-state index in [4.69, 9.17) is 4.74 Å². The first-order valence-corrected chi connectivity index (χ1v) is 9.07. The van der Waals surface area contributed by atoms with Gasteiger partial charge in [0.05, 0.1) is 12.1 Å². The van der Waals surface area contributed by atoms with Crippen LogP contribution in [0.5, 0.6) is 0 Å². The lowest BCUT2D eigenvalue weighted by Gasteiger charge is -2.28. The number of benzene rings is 1. The minimum Gasteiger partial charge on any atom is -0.391 e. The number of aliphatic hydroxyl groups is 1. The Kier molecular flexibility index (Phi) is 6.10. The molecule has 2 aliphatic rings. The third-order valence-electron chi connectivity index (χ3n) is 5.06. The van der Waals surface area contributed by atoms with E-state index in [1.807, 2.05) is 18.2 Å². The molecule has 5 heteroatoms. The van der Waals surface area contributed by atoms with Gasteiger partial charge in [0.15, 0.2) is 0 Å². The van der Waals surface area contributed by atoms with E-state index in [1.165, 1.54) is 0 Å². The fourth-order valence-electron chi connectivity index (χ4n) is 3.33. The van der Waals surface area contributed by atoms with Gasteiger partial charge in [-0.1, -0.05) is 30.3 Å². The summed E-state index contributed by atoms with van der Waals surface area (Å²) in [6.45, 7) is 1.95. The summed E-state index contributed by atoms with van der Waals surface area (Å²) >= 11 is 0. The Balaban J connectivity index is 1.55. The molecule has 3 rings (SSSR count). The smallest absolute Gasteiger partial charge is 0.315 e. The minimum absolute atomic E-state index is 0.00707. The SMILES string of the molecule is O=C(NCC(O)C1CC1)NC(CC1CCOCC1)c1ccccc1. The molecule has 0 bridgehead atoms. The maximum atomic E-state index is 12.3. The van der Waals surface area contributed by atoms with E-state index in [-0.39, 0.29) is 12.1 Å². The number of rotatable bonds is 7. The van der Waals surface area contributed by atoms with Crippen LogP contribution in [0.2, 0.25) is 0 Å². The normalized spacial score (nSPS) is 21.0. The van der Waals surface area contributed by atoms with Crippen molar-refractivity contribution in [3.63, 3.8) is 0 Å². The molecular weight excluding hydrogens is 304 g/mol. The van der Waals surface area contributed by atoms with Crippen LogP contribution in [0.4, 0.5) is 4.79 Å². The summed E-state index contributed by atoms with van der Waals surface area (Å²) in [5.41, 5.74) is 1.13. The number of hydrogen-bond acceptors (Lipinski definition) is 3. The number of nitrogens with one attached hydrogen (secondary N) is 2. The van der Waals surface area contributed by atoms with Crippen LogP contribution in [0, 0.1) is 11.8 Å².